The van der Waals surface area contributed by atoms with Gasteiger partial charge < -0.3 is 10.2 Å². The summed E-state index contributed by atoms with van der Waals surface area (Å²) < 4.78 is 0. The lowest BCUT2D eigenvalue weighted by atomic mass is 9.88. The molecule has 0 bridgehead atoms. The number of para-hydroxylation sites is 2. The van der Waals surface area contributed by atoms with E-state index in [1.54, 1.807) is 12.1 Å². The molecule has 0 spiro atoms. The molecule has 0 saturated carbocycles. The molecule has 0 heterocycles. The van der Waals surface area contributed by atoms with E-state index < -0.39 is 35.5 Å². The number of carbonyl (C=O) groups excluding carboxylic acids is 4. The quantitative estimate of drug-likeness (QED) is 0.0445. The maximum atomic E-state index is 13.4. The van der Waals surface area contributed by atoms with Gasteiger partial charge in [0.25, 0.3) is 11.8 Å². The smallest absolute Gasteiger partial charge is 0.273 e. The van der Waals surface area contributed by atoms with Gasteiger partial charge in [-0.1, -0.05) is 135 Å². The van der Waals surface area contributed by atoms with Crippen LogP contribution in [0.15, 0.2) is 36.4 Å². The molecule has 2 aromatic rings. The molecule has 6 N–H and O–H groups in total. The Balaban J connectivity index is 1.97. The largest absolute Gasteiger partial charge is 0.507 e. The number of aromatic hydroxyl groups is 2. The van der Waals surface area contributed by atoms with Gasteiger partial charge in [-0.15, -0.1) is 0 Å². The summed E-state index contributed by atoms with van der Waals surface area (Å²) in [6.07, 6.45) is 18.6. The number of phenols is 2. The number of nitrogens with one attached hydrogen (secondary N) is 4. The maximum absolute atomic E-state index is 13.4. The molecule has 0 aliphatic carbocycles. The molecular formula is C42H66N4O6. The van der Waals surface area contributed by atoms with E-state index in [0.29, 0.717) is 36.8 Å². The zero-order valence-electron chi connectivity index (χ0n) is 32.3. The molecule has 4 amide bonds. The fourth-order valence-corrected chi connectivity index (χ4v) is 6.52. The molecule has 290 valence electrons. The van der Waals surface area contributed by atoms with Crippen LogP contribution in [0.1, 0.15) is 175 Å². The number of hydrogen-bond acceptors (Lipinski definition) is 6. The Morgan fingerprint density at radius 3 is 1.37 bits per heavy atom. The summed E-state index contributed by atoms with van der Waals surface area (Å²) in [7, 11) is 0. The average molecular weight is 723 g/mol. The first-order valence-electron chi connectivity index (χ1n) is 20.0. The van der Waals surface area contributed by atoms with Crippen molar-refractivity contribution in [3.05, 3.63) is 58.7 Å². The second kappa shape index (κ2) is 25.8. The number of unbranched alkanes of at least 4 members (excludes halogenated alkanes) is 12. The minimum absolute atomic E-state index is 0.0788. The first kappa shape index (κ1) is 44.1. The van der Waals surface area contributed by atoms with E-state index in [4.69, 9.17) is 0 Å². The molecule has 10 nitrogen and oxygen atoms in total. The predicted molar refractivity (Wildman–Crippen MR) is 208 cm³/mol. The van der Waals surface area contributed by atoms with E-state index in [1.165, 1.54) is 50.7 Å². The number of amides is 4. The minimum atomic E-state index is -0.621. The highest BCUT2D eigenvalue weighted by Crippen LogP contribution is 2.27. The SMILES string of the molecule is CCCCCCCCc1cccc(C(=O)NNC(=O)C(CC)CC(CCCCC)C(=O)NNC(=O)c2cccc(CCCCCCCC)c2O)c1O. The molecule has 0 aromatic heterocycles. The van der Waals surface area contributed by atoms with E-state index in [9.17, 15) is 29.4 Å². The average Bonchev–Trinajstić information content (AvgIpc) is 3.14. The van der Waals surface area contributed by atoms with Gasteiger partial charge in [0.2, 0.25) is 11.8 Å². The van der Waals surface area contributed by atoms with Crippen molar-refractivity contribution in [2.75, 3.05) is 0 Å². The Kier molecular flexibility index (Phi) is 21.9. The lowest BCUT2D eigenvalue weighted by Crippen LogP contribution is -2.47. The van der Waals surface area contributed by atoms with Crippen molar-refractivity contribution < 1.29 is 29.4 Å². The third kappa shape index (κ3) is 15.7. The summed E-state index contributed by atoms with van der Waals surface area (Å²) in [4.78, 5) is 52.7. The maximum Gasteiger partial charge on any atom is 0.273 e. The van der Waals surface area contributed by atoms with Crippen LogP contribution in [0.3, 0.4) is 0 Å². The van der Waals surface area contributed by atoms with Gasteiger partial charge in [-0.25, -0.2) is 0 Å². The number of rotatable bonds is 25. The summed E-state index contributed by atoms with van der Waals surface area (Å²) in [5.74, 6) is -3.43. The lowest BCUT2D eigenvalue weighted by Gasteiger charge is -2.22. The number of hydrazine groups is 2. The number of hydrogen-bond donors (Lipinski definition) is 6. The summed E-state index contributed by atoms with van der Waals surface area (Å²) in [5, 5.41) is 21.6. The molecule has 10 heteroatoms. The van der Waals surface area contributed by atoms with Crippen molar-refractivity contribution in [2.24, 2.45) is 11.8 Å². The number of benzene rings is 2. The fraction of sp³-hybridized carbons (Fsp3) is 0.619. The van der Waals surface area contributed by atoms with Crippen LogP contribution in [0, 0.1) is 11.8 Å². The molecule has 0 aliphatic rings. The van der Waals surface area contributed by atoms with Crippen LogP contribution in [0.2, 0.25) is 0 Å². The summed E-state index contributed by atoms with van der Waals surface area (Å²) in [6, 6.07) is 10.1. The molecule has 52 heavy (non-hydrogen) atoms. The normalized spacial score (nSPS) is 12.2. The van der Waals surface area contributed by atoms with Crippen LogP contribution in [-0.2, 0) is 22.4 Å². The molecule has 0 saturated heterocycles. The van der Waals surface area contributed by atoms with E-state index >= 15 is 0 Å². The van der Waals surface area contributed by atoms with Crippen LogP contribution in [0.5, 0.6) is 11.5 Å². The van der Waals surface area contributed by atoms with Crippen molar-refractivity contribution in [1.29, 1.82) is 0 Å². The van der Waals surface area contributed by atoms with Crippen LogP contribution in [0.25, 0.3) is 0 Å². The lowest BCUT2D eigenvalue weighted by molar-refractivity contribution is -0.129. The van der Waals surface area contributed by atoms with E-state index in [-0.39, 0.29) is 29.0 Å². The van der Waals surface area contributed by atoms with Crippen molar-refractivity contribution in [3.8, 4) is 11.5 Å². The summed E-state index contributed by atoms with van der Waals surface area (Å²) in [5.41, 5.74) is 11.5. The van der Waals surface area contributed by atoms with Gasteiger partial charge in [0, 0.05) is 11.8 Å². The fourth-order valence-electron chi connectivity index (χ4n) is 6.52. The van der Waals surface area contributed by atoms with Crippen LogP contribution in [-0.4, -0.2) is 33.8 Å². The van der Waals surface area contributed by atoms with Crippen LogP contribution >= 0.6 is 0 Å². The molecule has 2 rings (SSSR count). The highest BCUT2D eigenvalue weighted by molar-refractivity contribution is 5.99. The van der Waals surface area contributed by atoms with E-state index in [2.05, 4.69) is 42.5 Å². The third-order valence-electron chi connectivity index (χ3n) is 9.89. The zero-order valence-corrected chi connectivity index (χ0v) is 32.3. The van der Waals surface area contributed by atoms with E-state index in [0.717, 1.165) is 57.8 Å². The molecule has 0 aliphatic heterocycles. The summed E-state index contributed by atoms with van der Waals surface area (Å²) >= 11 is 0. The van der Waals surface area contributed by atoms with Crippen LogP contribution < -0.4 is 21.7 Å². The molecular weight excluding hydrogens is 656 g/mol. The predicted octanol–water partition coefficient (Wildman–Crippen LogP) is 8.74. The minimum Gasteiger partial charge on any atom is -0.507 e. The van der Waals surface area contributed by atoms with Gasteiger partial charge in [-0.05, 0) is 68.2 Å². The Bertz CT molecular complexity index is 1380. The molecule has 0 radical (unpaired) electrons. The van der Waals surface area contributed by atoms with Crippen molar-refractivity contribution in [3.63, 3.8) is 0 Å². The Labute approximate surface area is 312 Å². The monoisotopic (exact) mass is 722 g/mol. The first-order chi connectivity index (χ1) is 25.2. The Morgan fingerprint density at radius 2 is 0.923 bits per heavy atom. The topological polar surface area (TPSA) is 157 Å². The summed E-state index contributed by atoms with van der Waals surface area (Å²) in [6.45, 7) is 8.27. The molecule has 0 fully saturated rings. The van der Waals surface area contributed by atoms with Gasteiger partial charge >= 0.3 is 0 Å². The Hall–Kier alpha value is -4.08. The van der Waals surface area contributed by atoms with Gasteiger partial charge in [0.15, 0.2) is 0 Å². The van der Waals surface area contributed by atoms with Gasteiger partial charge in [0.1, 0.15) is 11.5 Å². The van der Waals surface area contributed by atoms with Crippen molar-refractivity contribution >= 4 is 23.6 Å². The Morgan fingerprint density at radius 1 is 0.519 bits per heavy atom. The number of aryl methyl sites for hydroxylation is 2. The first-order valence-corrected chi connectivity index (χ1v) is 20.0. The van der Waals surface area contributed by atoms with Crippen LogP contribution in [0.4, 0.5) is 0 Å². The van der Waals surface area contributed by atoms with Gasteiger partial charge in [0.05, 0.1) is 11.1 Å². The zero-order chi connectivity index (χ0) is 38.1. The molecule has 2 aromatic carbocycles. The van der Waals surface area contributed by atoms with Crippen molar-refractivity contribution in [1.82, 2.24) is 21.7 Å². The second-order valence-electron chi connectivity index (χ2n) is 14.1. The number of carbonyl (C=O) groups is 4. The van der Waals surface area contributed by atoms with Crippen molar-refractivity contribution in [2.45, 2.75) is 156 Å². The van der Waals surface area contributed by atoms with Gasteiger partial charge in [-0.3, -0.25) is 40.9 Å². The highest BCUT2D eigenvalue weighted by Gasteiger charge is 2.27. The molecule has 2 unspecified atom stereocenters. The molecule has 2 atom stereocenters. The highest BCUT2D eigenvalue weighted by atomic mass is 16.3. The number of phenolic OH excluding ortho intramolecular Hbond substituents is 2. The third-order valence-corrected chi connectivity index (χ3v) is 9.89. The second-order valence-corrected chi connectivity index (χ2v) is 14.1. The standard InChI is InChI=1S/C42H66N4O6/c1-5-9-12-14-16-19-23-32-26-21-28-35(37(32)47)41(51)45-43-39(49)31(8-4)30-34(25-18-11-7-3)40(50)44-46-42(52)36-29-22-27-33(38(36)48)24-20-17-15-13-10-6-2/h21-22,26-29,31,34,47-48H,5-20,23-25,30H2,1-4H3,(H,43,49)(H,44,50)(H,45,51)(H,46,52). The van der Waals surface area contributed by atoms with Gasteiger partial charge in [-0.2, -0.15) is 0 Å². The van der Waals surface area contributed by atoms with E-state index in [1.807, 2.05) is 19.1 Å².